The van der Waals surface area contributed by atoms with Crippen molar-refractivity contribution in [2.45, 2.75) is 0 Å². The van der Waals surface area contributed by atoms with Crippen LogP contribution in [0, 0.1) is 5.82 Å². The Morgan fingerprint density at radius 2 is 1.43 bits per heavy atom. The highest BCUT2D eigenvalue weighted by atomic mass is 19.1. The Hall–Kier alpha value is -2.94. The van der Waals surface area contributed by atoms with E-state index in [1.165, 1.54) is 0 Å². The van der Waals surface area contributed by atoms with Crippen molar-refractivity contribution in [3.8, 4) is 22.4 Å². The van der Waals surface area contributed by atoms with E-state index < -0.39 is 0 Å². The first-order chi connectivity index (χ1) is 11.2. The summed E-state index contributed by atoms with van der Waals surface area (Å²) in [6.45, 7) is 0. The number of hydrogen-bond acceptors (Lipinski definition) is 1. The molecule has 1 aromatic heterocycles. The van der Waals surface area contributed by atoms with Crippen molar-refractivity contribution in [2.75, 3.05) is 0 Å². The van der Waals surface area contributed by atoms with Crippen molar-refractivity contribution >= 4 is 10.9 Å². The Morgan fingerprint density at radius 3 is 2.09 bits per heavy atom. The van der Waals surface area contributed by atoms with Crippen molar-refractivity contribution in [2.24, 2.45) is 7.05 Å². The van der Waals surface area contributed by atoms with Crippen LogP contribution in [-0.4, -0.2) is 9.78 Å². The smallest absolute Gasteiger partial charge is 0.124 e. The summed E-state index contributed by atoms with van der Waals surface area (Å²) in [7, 11) is 1.90. The summed E-state index contributed by atoms with van der Waals surface area (Å²) in [5.74, 6) is -0.249. The molecule has 0 atom stereocenters. The highest BCUT2D eigenvalue weighted by Gasteiger charge is 2.16. The quantitative estimate of drug-likeness (QED) is 0.507. The standard InChI is InChI=1S/C20H15FN2/c1-23-20-17(14-8-4-2-5-9-14)12-16(21)13-18(20)19(22-23)15-10-6-3-7-11-15/h2-13H,1H3. The van der Waals surface area contributed by atoms with Crippen LogP contribution >= 0.6 is 0 Å². The van der Waals surface area contributed by atoms with Gasteiger partial charge in [-0.25, -0.2) is 4.39 Å². The van der Waals surface area contributed by atoms with Gasteiger partial charge in [0.25, 0.3) is 0 Å². The molecule has 0 fully saturated rings. The van der Waals surface area contributed by atoms with Gasteiger partial charge in [0.05, 0.1) is 5.52 Å². The van der Waals surface area contributed by atoms with Gasteiger partial charge in [0.1, 0.15) is 11.5 Å². The molecule has 3 aromatic carbocycles. The Morgan fingerprint density at radius 1 is 0.826 bits per heavy atom. The molecular weight excluding hydrogens is 287 g/mol. The molecule has 0 amide bonds. The van der Waals surface area contributed by atoms with Crippen LogP contribution in [0.5, 0.6) is 0 Å². The first-order valence-electron chi connectivity index (χ1n) is 7.51. The van der Waals surface area contributed by atoms with Crippen molar-refractivity contribution < 1.29 is 4.39 Å². The molecule has 0 saturated carbocycles. The zero-order valence-corrected chi connectivity index (χ0v) is 12.7. The van der Waals surface area contributed by atoms with E-state index in [0.717, 1.165) is 33.3 Å². The van der Waals surface area contributed by atoms with Gasteiger partial charge in [0, 0.05) is 23.6 Å². The van der Waals surface area contributed by atoms with Gasteiger partial charge in [-0.15, -0.1) is 0 Å². The second-order valence-electron chi connectivity index (χ2n) is 5.55. The van der Waals surface area contributed by atoms with Crippen LogP contribution in [0.4, 0.5) is 4.39 Å². The summed E-state index contributed by atoms with van der Waals surface area (Å²) >= 11 is 0. The summed E-state index contributed by atoms with van der Waals surface area (Å²) in [5.41, 5.74) is 4.58. The summed E-state index contributed by atoms with van der Waals surface area (Å²) in [6.07, 6.45) is 0. The topological polar surface area (TPSA) is 17.8 Å². The Balaban J connectivity index is 2.06. The second kappa shape index (κ2) is 5.36. The molecule has 112 valence electrons. The summed E-state index contributed by atoms with van der Waals surface area (Å²) in [6, 6.07) is 22.9. The first kappa shape index (κ1) is 13.7. The zero-order chi connectivity index (χ0) is 15.8. The monoisotopic (exact) mass is 302 g/mol. The summed E-state index contributed by atoms with van der Waals surface area (Å²) < 4.78 is 16.1. The zero-order valence-electron chi connectivity index (χ0n) is 12.7. The lowest BCUT2D eigenvalue weighted by Gasteiger charge is -2.06. The molecule has 3 heteroatoms. The number of hydrogen-bond donors (Lipinski definition) is 0. The fourth-order valence-corrected chi connectivity index (χ4v) is 3.03. The summed E-state index contributed by atoms with van der Waals surface area (Å²) in [4.78, 5) is 0. The van der Waals surface area contributed by atoms with Crippen LogP contribution in [0.2, 0.25) is 0 Å². The molecule has 0 N–H and O–H groups in total. The lowest BCUT2D eigenvalue weighted by atomic mass is 10.00. The van der Waals surface area contributed by atoms with Gasteiger partial charge in [-0.3, -0.25) is 4.68 Å². The number of fused-ring (bicyclic) bond motifs is 1. The van der Waals surface area contributed by atoms with Gasteiger partial charge in [-0.1, -0.05) is 60.7 Å². The third kappa shape index (κ3) is 2.30. The van der Waals surface area contributed by atoms with Crippen LogP contribution in [0.3, 0.4) is 0 Å². The molecule has 0 radical (unpaired) electrons. The van der Waals surface area contributed by atoms with Gasteiger partial charge in [-0.2, -0.15) is 5.10 Å². The number of benzene rings is 3. The third-order valence-corrected chi connectivity index (χ3v) is 4.04. The van der Waals surface area contributed by atoms with Gasteiger partial charge >= 0.3 is 0 Å². The Bertz CT molecular complexity index is 973. The highest BCUT2D eigenvalue weighted by molar-refractivity contribution is 6.01. The normalized spacial score (nSPS) is 11.0. The number of rotatable bonds is 2. The molecule has 4 aromatic rings. The second-order valence-corrected chi connectivity index (χ2v) is 5.55. The van der Waals surface area contributed by atoms with E-state index in [2.05, 4.69) is 5.10 Å². The predicted molar refractivity (Wildman–Crippen MR) is 91.5 cm³/mol. The largest absolute Gasteiger partial charge is 0.267 e. The van der Waals surface area contributed by atoms with Crippen molar-refractivity contribution in [3.63, 3.8) is 0 Å². The Labute approximate surface area is 133 Å². The van der Waals surface area contributed by atoms with Crippen LogP contribution in [0.15, 0.2) is 72.8 Å². The molecule has 23 heavy (non-hydrogen) atoms. The fraction of sp³-hybridized carbons (Fsp3) is 0.0500. The van der Waals surface area contributed by atoms with Crippen molar-refractivity contribution in [1.82, 2.24) is 9.78 Å². The lowest BCUT2D eigenvalue weighted by molar-refractivity contribution is 0.630. The molecule has 0 aliphatic carbocycles. The average Bonchev–Trinajstić information content (AvgIpc) is 2.92. The van der Waals surface area contributed by atoms with Crippen LogP contribution in [-0.2, 0) is 7.05 Å². The highest BCUT2D eigenvalue weighted by Crippen LogP contribution is 2.35. The van der Waals surface area contributed by atoms with E-state index in [9.17, 15) is 4.39 Å². The molecule has 0 aliphatic heterocycles. The maximum Gasteiger partial charge on any atom is 0.124 e. The molecule has 0 unspecified atom stereocenters. The van der Waals surface area contributed by atoms with E-state index in [1.54, 1.807) is 12.1 Å². The number of halogens is 1. The SMILES string of the molecule is Cn1nc(-c2ccccc2)c2cc(F)cc(-c3ccccc3)c21. The maximum absolute atomic E-state index is 14.3. The summed E-state index contributed by atoms with van der Waals surface area (Å²) in [5, 5.41) is 5.47. The van der Waals surface area contributed by atoms with Crippen LogP contribution in [0.25, 0.3) is 33.3 Å². The predicted octanol–water partition coefficient (Wildman–Crippen LogP) is 5.05. The van der Waals surface area contributed by atoms with Gasteiger partial charge in [0.15, 0.2) is 0 Å². The number of nitrogens with zero attached hydrogens (tertiary/aromatic N) is 2. The van der Waals surface area contributed by atoms with E-state index in [4.69, 9.17) is 0 Å². The molecule has 4 rings (SSSR count). The van der Waals surface area contributed by atoms with Gasteiger partial charge in [-0.05, 0) is 17.7 Å². The molecule has 1 heterocycles. The molecule has 0 aliphatic rings. The first-order valence-corrected chi connectivity index (χ1v) is 7.51. The van der Waals surface area contributed by atoms with E-state index in [-0.39, 0.29) is 5.82 Å². The minimum atomic E-state index is -0.249. The third-order valence-electron chi connectivity index (χ3n) is 4.04. The molecule has 0 spiro atoms. The number of aromatic nitrogens is 2. The van der Waals surface area contributed by atoms with Crippen molar-refractivity contribution in [1.29, 1.82) is 0 Å². The molecule has 0 saturated heterocycles. The number of aryl methyl sites for hydroxylation is 1. The average molecular weight is 302 g/mol. The van der Waals surface area contributed by atoms with E-state index in [1.807, 2.05) is 72.4 Å². The van der Waals surface area contributed by atoms with Gasteiger partial charge < -0.3 is 0 Å². The van der Waals surface area contributed by atoms with Crippen LogP contribution < -0.4 is 0 Å². The molecule has 0 bridgehead atoms. The molecular formula is C20H15FN2. The van der Waals surface area contributed by atoms with E-state index >= 15 is 0 Å². The Kier molecular flexibility index (Phi) is 3.19. The van der Waals surface area contributed by atoms with Crippen LogP contribution in [0.1, 0.15) is 0 Å². The van der Waals surface area contributed by atoms with Gasteiger partial charge in [0.2, 0.25) is 0 Å². The van der Waals surface area contributed by atoms with E-state index in [0.29, 0.717) is 0 Å². The maximum atomic E-state index is 14.3. The minimum absolute atomic E-state index is 0.249. The van der Waals surface area contributed by atoms with Crippen molar-refractivity contribution in [3.05, 3.63) is 78.6 Å². The molecule has 2 nitrogen and oxygen atoms in total. The fourth-order valence-electron chi connectivity index (χ4n) is 3.03. The lowest BCUT2D eigenvalue weighted by Crippen LogP contribution is -1.92. The minimum Gasteiger partial charge on any atom is -0.267 e.